The Labute approximate surface area is 125 Å². The van der Waals surface area contributed by atoms with Crippen LogP contribution in [0.15, 0.2) is 34.8 Å². The maximum absolute atomic E-state index is 13.4. The molecule has 0 aliphatic heterocycles. The normalized spacial score (nSPS) is 10.4. The fourth-order valence-electron chi connectivity index (χ4n) is 1.89. The lowest BCUT2D eigenvalue weighted by Crippen LogP contribution is -2.14. The van der Waals surface area contributed by atoms with E-state index in [1.807, 2.05) is 19.9 Å². The summed E-state index contributed by atoms with van der Waals surface area (Å²) in [6, 6.07) is 7.91. The topological polar surface area (TPSA) is 55.1 Å². The van der Waals surface area contributed by atoms with Crippen LogP contribution in [0.1, 0.15) is 21.5 Å². The van der Waals surface area contributed by atoms with E-state index in [0.29, 0.717) is 21.4 Å². The van der Waals surface area contributed by atoms with Crippen molar-refractivity contribution < 1.29 is 9.18 Å². The maximum Gasteiger partial charge on any atom is 0.256 e. The number of carbonyl (C=O) groups excluding carboxylic acids is 1. The molecule has 0 aromatic heterocycles. The zero-order valence-corrected chi connectivity index (χ0v) is 12.7. The number of anilines is 2. The highest BCUT2D eigenvalue weighted by Gasteiger charge is 2.12. The number of nitrogens with one attached hydrogen (secondary N) is 1. The summed E-state index contributed by atoms with van der Waals surface area (Å²) in [4.78, 5) is 12.2. The third-order valence-corrected chi connectivity index (χ3v) is 3.68. The number of nitrogen functional groups attached to an aromatic ring is 1. The van der Waals surface area contributed by atoms with Gasteiger partial charge in [-0.3, -0.25) is 4.79 Å². The van der Waals surface area contributed by atoms with Crippen molar-refractivity contribution in [3.63, 3.8) is 0 Å². The van der Waals surface area contributed by atoms with Gasteiger partial charge in [-0.2, -0.15) is 0 Å². The number of hydrogen-bond acceptors (Lipinski definition) is 2. The molecule has 104 valence electrons. The third kappa shape index (κ3) is 2.99. The number of amides is 1. The average Bonchev–Trinajstić information content (AvgIpc) is 2.38. The van der Waals surface area contributed by atoms with Crippen molar-refractivity contribution in [2.75, 3.05) is 11.1 Å². The zero-order chi connectivity index (χ0) is 14.9. The molecule has 2 rings (SSSR count). The van der Waals surface area contributed by atoms with E-state index in [4.69, 9.17) is 5.73 Å². The van der Waals surface area contributed by atoms with Gasteiger partial charge in [0, 0.05) is 16.9 Å². The van der Waals surface area contributed by atoms with E-state index < -0.39 is 5.82 Å². The summed E-state index contributed by atoms with van der Waals surface area (Å²) in [5.41, 5.74) is 9.01. The van der Waals surface area contributed by atoms with E-state index in [1.165, 1.54) is 6.07 Å². The van der Waals surface area contributed by atoms with Crippen molar-refractivity contribution in [3.05, 3.63) is 57.3 Å². The van der Waals surface area contributed by atoms with Gasteiger partial charge in [-0.25, -0.2) is 4.39 Å². The molecule has 0 heterocycles. The molecule has 3 nitrogen and oxygen atoms in total. The molecule has 0 atom stereocenters. The molecule has 5 heteroatoms. The van der Waals surface area contributed by atoms with Crippen LogP contribution < -0.4 is 11.1 Å². The fraction of sp³-hybridized carbons (Fsp3) is 0.133. The zero-order valence-electron chi connectivity index (χ0n) is 11.1. The van der Waals surface area contributed by atoms with Gasteiger partial charge in [0.05, 0.1) is 4.47 Å². The number of halogens is 2. The molecule has 0 aliphatic carbocycles. The van der Waals surface area contributed by atoms with E-state index in [9.17, 15) is 9.18 Å². The Hall–Kier alpha value is -1.88. The maximum atomic E-state index is 13.4. The Morgan fingerprint density at radius 2 is 1.90 bits per heavy atom. The molecule has 0 spiro atoms. The Morgan fingerprint density at radius 3 is 2.55 bits per heavy atom. The SMILES string of the molecule is Cc1cc(C)c(C(=O)Nc2ccc(Br)c(F)c2)cc1N. The van der Waals surface area contributed by atoms with Crippen LogP contribution in [0, 0.1) is 19.7 Å². The van der Waals surface area contributed by atoms with Crippen molar-refractivity contribution in [2.45, 2.75) is 13.8 Å². The average molecular weight is 337 g/mol. The molecule has 1 amide bonds. The van der Waals surface area contributed by atoms with Gasteiger partial charge < -0.3 is 11.1 Å². The van der Waals surface area contributed by atoms with Gasteiger partial charge in [-0.05, 0) is 65.2 Å². The number of carbonyl (C=O) groups is 1. The lowest BCUT2D eigenvalue weighted by molar-refractivity contribution is 0.102. The molecule has 0 radical (unpaired) electrons. The second-order valence-corrected chi connectivity index (χ2v) is 5.46. The van der Waals surface area contributed by atoms with Gasteiger partial charge in [-0.15, -0.1) is 0 Å². The summed E-state index contributed by atoms with van der Waals surface area (Å²) >= 11 is 3.07. The van der Waals surface area contributed by atoms with E-state index >= 15 is 0 Å². The van der Waals surface area contributed by atoms with Crippen LogP contribution in [0.4, 0.5) is 15.8 Å². The van der Waals surface area contributed by atoms with Gasteiger partial charge in [0.2, 0.25) is 0 Å². The number of rotatable bonds is 2. The Morgan fingerprint density at radius 1 is 1.20 bits per heavy atom. The van der Waals surface area contributed by atoms with Crippen LogP contribution in [0.25, 0.3) is 0 Å². The van der Waals surface area contributed by atoms with Crippen molar-refractivity contribution in [3.8, 4) is 0 Å². The Balaban J connectivity index is 2.28. The van der Waals surface area contributed by atoms with Gasteiger partial charge >= 0.3 is 0 Å². The molecular formula is C15H14BrFN2O. The first-order valence-corrected chi connectivity index (χ1v) is 6.81. The second kappa shape index (κ2) is 5.63. The first-order valence-electron chi connectivity index (χ1n) is 6.01. The summed E-state index contributed by atoms with van der Waals surface area (Å²) in [5, 5.41) is 2.66. The molecule has 2 aromatic carbocycles. The van der Waals surface area contributed by atoms with Crippen LogP contribution in [-0.2, 0) is 0 Å². The minimum absolute atomic E-state index is 0.309. The van der Waals surface area contributed by atoms with Crippen molar-refractivity contribution in [1.82, 2.24) is 0 Å². The molecule has 0 aliphatic rings. The highest BCUT2D eigenvalue weighted by Crippen LogP contribution is 2.22. The molecule has 0 saturated heterocycles. The second-order valence-electron chi connectivity index (χ2n) is 4.61. The summed E-state index contributed by atoms with van der Waals surface area (Å²) in [7, 11) is 0. The van der Waals surface area contributed by atoms with E-state index in [1.54, 1.807) is 18.2 Å². The standard InChI is InChI=1S/C15H14BrFN2O/c1-8-5-9(2)14(18)7-11(8)15(20)19-10-3-4-12(16)13(17)6-10/h3-7H,18H2,1-2H3,(H,19,20). The van der Waals surface area contributed by atoms with Crippen molar-refractivity contribution >= 4 is 33.2 Å². The highest BCUT2D eigenvalue weighted by atomic mass is 79.9. The van der Waals surface area contributed by atoms with E-state index in [0.717, 1.165) is 11.1 Å². The number of benzene rings is 2. The first-order chi connectivity index (χ1) is 9.38. The fourth-order valence-corrected chi connectivity index (χ4v) is 2.13. The Bertz CT molecular complexity index is 686. The molecule has 0 saturated carbocycles. The molecule has 0 fully saturated rings. The van der Waals surface area contributed by atoms with Crippen molar-refractivity contribution in [1.29, 1.82) is 0 Å². The summed E-state index contributed by atoms with van der Waals surface area (Å²) in [5.74, 6) is -0.737. The molecule has 3 N–H and O–H groups in total. The van der Waals surface area contributed by atoms with Gasteiger partial charge in [0.1, 0.15) is 5.82 Å². The van der Waals surface area contributed by atoms with E-state index in [-0.39, 0.29) is 5.91 Å². The van der Waals surface area contributed by atoms with Crippen LogP contribution in [0.5, 0.6) is 0 Å². The van der Waals surface area contributed by atoms with Crippen LogP contribution in [0.3, 0.4) is 0 Å². The molecule has 20 heavy (non-hydrogen) atoms. The van der Waals surface area contributed by atoms with Crippen LogP contribution in [-0.4, -0.2) is 5.91 Å². The number of aryl methyl sites for hydroxylation is 2. The molecular weight excluding hydrogens is 323 g/mol. The predicted octanol–water partition coefficient (Wildman–Crippen LogP) is 4.04. The van der Waals surface area contributed by atoms with Gasteiger partial charge in [0.15, 0.2) is 0 Å². The quantitative estimate of drug-likeness (QED) is 0.813. The molecule has 0 bridgehead atoms. The molecule has 2 aromatic rings. The first kappa shape index (κ1) is 14.5. The largest absolute Gasteiger partial charge is 0.398 e. The Kier molecular flexibility index (Phi) is 4.09. The molecule has 0 unspecified atom stereocenters. The smallest absolute Gasteiger partial charge is 0.256 e. The highest BCUT2D eigenvalue weighted by molar-refractivity contribution is 9.10. The summed E-state index contributed by atoms with van der Waals surface area (Å²) < 4.78 is 13.8. The van der Waals surface area contributed by atoms with Crippen molar-refractivity contribution in [2.24, 2.45) is 0 Å². The number of hydrogen-bond donors (Lipinski definition) is 2. The summed E-state index contributed by atoms with van der Waals surface area (Å²) in [6.45, 7) is 3.72. The van der Waals surface area contributed by atoms with E-state index in [2.05, 4.69) is 21.2 Å². The number of nitrogens with two attached hydrogens (primary N) is 1. The van der Waals surface area contributed by atoms with Gasteiger partial charge in [0.25, 0.3) is 5.91 Å². The van der Waals surface area contributed by atoms with Crippen LogP contribution >= 0.6 is 15.9 Å². The monoisotopic (exact) mass is 336 g/mol. The lowest BCUT2D eigenvalue weighted by atomic mass is 10.0. The van der Waals surface area contributed by atoms with Gasteiger partial charge in [-0.1, -0.05) is 6.07 Å². The minimum atomic E-state index is -0.428. The predicted molar refractivity (Wildman–Crippen MR) is 82.4 cm³/mol. The minimum Gasteiger partial charge on any atom is -0.398 e. The third-order valence-electron chi connectivity index (χ3n) is 3.04. The van der Waals surface area contributed by atoms with Crippen LogP contribution in [0.2, 0.25) is 0 Å². The lowest BCUT2D eigenvalue weighted by Gasteiger charge is -2.10. The summed E-state index contributed by atoms with van der Waals surface area (Å²) in [6.07, 6.45) is 0.